The summed E-state index contributed by atoms with van der Waals surface area (Å²) in [5.41, 5.74) is 6.99. The van der Waals surface area contributed by atoms with E-state index in [1.807, 2.05) is 23.1 Å². The topological polar surface area (TPSA) is 61.9 Å². The summed E-state index contributed by atoms with van der Waals surface area (Å²) in [6.07, 6.45) is 3.20. The van der Waals surface area contributed by atoms with E-state index in [1.165, 1.54) is 6.42 Å². The molecule has 1 aromatic rings. The van der Waals surface area contributed by atoms with Crippen LogP contribution in [0.15, 0.2) is 35.3 Å². The van der Waals surface area contributed by atoms with Crippen molar-refractivity contribution in [3.05, 3.63) is 35.9 Å². The summed E-state index contributed by atoms with van der Waals surface area (Å²) in [4.78, 5) is 20.9. The number of rotatable bonds is 2. The van der Waals surface area contributed by atoms with Crippen LogP contribution in [0.4, 0.5) is 4.79 Å². The summed E-state index contributed by atoms with van der Waals surface area (Å²) in [6, 6.07) is 10.3. The van der Waals surface area contributed by atoms with Crippen molar-refractivity contribution >= 4 is 11.9 Å². The zero-order chi connectivity index (χ0) is 14.4. The van der Waals surface area contributed by atoms with Crippen LogP contribution in [0.25, 0.3) is 0 Å². The Morgan fingerprint density at radius 2 is 2.10 bits per heavy atom. The van der Waals surface area contributed by atoms with E-state index >= 15 is 0 Å². The van der Waals surface area contributed by atoms with Gasteiger partial charge in [0.15, 0.2) is 0 Å². The SMILES string of the molecule is NC1=NC(=O)N(Cc2ccccc2)C12CCN1CCCC12. The second-order valence-corrected chi connectivity index (χ2v) is 6.22. The van der Waals surface area contributed by atoms with E-state index in [0.717, 1.165) is 31.5 Å². The van der Waals surface area contributed by atoms with Gasteiger partial charge >= 0.3 is 6.03 Å². The highest BCUT2D eigenvalue weighted by atomic mass is 16.2. The number of carbonyl (C=O) groups excluding carboxylic acids is 1. The monoisotopic (exact) mass is 284 g/mol. The van der Waals surface area contributed by atoms with Crippen molar-refractivity contribution in [1.82, 2.24) is 9.80 Å². The van der Waals surface area contributed by atoms with Gasteiger partial charge in [-0.05, 0) is 31.4 Å². The third-order valence-electron chi connectivity index (χ3n) is 5.25. The summed E-state index contributed by atoms with van der Waals surface area (Å²) >= 11 is 0. The van der Waals surface area contributed by atoms with Crippen molar-refractivity contribution in [1.29, 1.82) is 0 Å². The van der Waals surface area contributed by atoms with Crippen LogP contribution >= 0.6 is 0 Å². The molecule has 0 aliphatic carbocycles. The highest BCUT2D eigenvalue weighted by molar-refractivity contribution is 6.06. The molecule has 2 N–H and O–H groups in total. The highest BCUT2D eigenvalue weighted by Gasteiger charge is 2.59. The average Bonchev–Trinajstić information content (AvgIpc) is 3.13. The molecule has 1 spiro atoms. The number of amidine groups is 1. The Kier molecular flexibility index (Phi) is 2.79. The van der Waals surface area contributed by atoms with Gasteiger partial charge in [-0.2, -0.15) is 4.99 Å². The summed E-state index contributed by atoms with van der Waals surface area (Å²) in [7, 11) is 0. The molecule has 5 nitrogen and oxygen atoms in total. The van der Waals surface area contributed by atoms with Crippen LogP contribution in [0.3, 0.4) is 0 Å². The van der Waals surface area contributed by atoms with E-state index in [2.05, 4.69) is 22.0 Å². The summed E-state index contributed by atoms with van der Waals surface area (Å²) in [6.45, 7) is 2.72. The maximum absolute atomic E-state index is 12.4. The van der Waals surface area contributed by atoms with Crippen LogP contribution in [-0.4, -0.2) is 46.3 Å². The van der Waals surface area contributed by atoms with Gasteiger partial charge < -0.3 is 10.6 Å². The zero-order valence-electron chi connectivity index (χ0n) is 12.0. The van der Waals surface area contributed by atoms with E-state index in [-0.39, 0.29) is 11.6 Å². The number of carbonyl (C=O) groups is 1. The summed E-state index contributed by atoms with van der Waals surface area (Å²) < 4.78 is 0. The molecule has 0 saturated carbocycles. The Morgan fingerprint density at radius 1 is 1.29 bits per heavy atom. The Morgan fingerprint density at radius 3 is 2.90 bits per heavy atom. The van der Waals surface area contributed by atoms with E-state index in [0.29, 0.717) is 18.4 Å². The van der Waals surface area contributed by atoms with Gasteiger partial charge in [-0.3, -0.25) is 4.90 Å². The Hall–Kier alpha value is -1.88. The number of benzene rings is 1. The minimum atomic E-state index is -0.372. The molecule has 5 heteroatoms. The first-order chi connectivity index (χ1) is 10.2. The molecule has 2 amide bonds. The maximum atomic E-state index is 12.4. The Labute approximate surface area is 124 Å². The van der Waals surface area contributed by atoms with Crippen molar-refractivity contribution < 1.29 is 4.79 Å². The van der Waals surface area contributed by atoms with E-state index < -0.39 is 0 Å². The second kappa shape index (κ2) is 4.56. The summed E-state index contributed by atoms with van der Waals surface area (Å²) in [5, 5.41) is 0. The largest absolute Gasteiger partial charge is 0.385 e. The highest BCUT2D eigenvalue weighted by Crippen LogP contribution is 2.43. The lowest BCUT2D eigenvalue weighted by Crippen LogP contribution is -2.59. The van der Waals surface area contributed by atoms with Gasteiger partial charge in [0.05, 0.1) is 0 Å². The van der Waals surface area contributed by atoms with Crippen LogP contribution in [-0.2, 0) is 6.54 Å². The molecule has 21 heavy (non-hydrogen) atoms. The summed E-state index contributed by atoms with van der Waals surface area (Å²) in [5.74, 6) is 0.526. The van der Waals surface area contributed by atoms with Gasteiger partial charge in [0, 0.05) is 19.1 Å². The molecule has 4 rings (SSSR count). The van der Waals surface area contributed by atoms with Crippen molar-refractivity contribution in [3.63, 3.8) is 0 Å². The molecular weight excluding hydrogens is 264 g/mol. The van der Waals surface area contributed by atoms with Crippen molar-refractivity contribution in [2.75, 3.05) is 13.1 Å². The van der Waals surface area contributed by atoms with Gasteiger partial charge in [0.1, 0.15) is 11.4 Å². The van der Waals surface area contributed by atoms with Crippen LogP contribution in [0.2, 0.25) is 0 Å². The number of aliphatic imine (C=N–C) groups is 1. The molecule has 0 bridgehead atoms. The molecule has 2 saturated heterocycles. The smallest absolute Gasteiger partial charge is 0.346 e. The average molecular weight is 284 g/mol. The van der Waals surface area contributed by atoms with Gasteiger partial charge in [-0.25, -0.2) is 4.79 Å². The van der Waals surface area contributed by atoms with Gasteiger partial charge in [0.2, 0.25) is 0 Å². The number of nitrogens with two attached hydrogens (primary N) is 1. The number of hydrogen-bond acceptors (Lipinski definition) is 3. The van der Waals surface area contributed by atoms with Gasteiger partial charge in [0.25, 0.3) is 0 Å². The predicted molar refractivity (Wildman–Crippen MR) is 80.9 cm³/mol. The van der Waals surface area contributed by atoms with Crippen LogP contribution in [0.5, 0.6) is 0 Å². The minimum Gasteiger partial charge on any atom is -0.385 e. The standard InChI is InChI=1S/C16H20N4O/c17-14-16(8-10-19-9-4-7-13(16)19)20(15(21)18-14)11-12-5-2-1-3-6-12/h1-3,5-6,13H,4,7-11H2,(H2,17,18,21). The molecule has 110 valence electrons. The predicted octanol–water partition coefficient (Wildman–Crippen LogP) is 1.59. The number of hydrogen-bond donors (Lipinski definition) is 1. The third-order valence-corrected chi connectivity index (χ3v) is 5.25. The fourth-order valence-corrected chi connectivity index (χ4v) is 4.27. The first-order valence-electron chi connectivity index (χ1n) is 7.66. The minimum absolute atomic E-state index is 0.176. The van der Waals surface area contributed by atoms with Crippen molar-refractivity contribution in [3.8, 4) is 0 Å². The van der Waals surface area contributed by atoms with E-state index in [9.17, 15) is 4.79 Å². The first-order valence-corrected chi connectivity index (χ1v) is 7.66. The lowest BCUT2D eigenvalue weighted by atomic mass is 9.86. The molecular formula is C16H20N4O. The third kappa shape index (κ3) is 1.73. The number of nitrogens with zero attached hydrogens (tertiary/aromatic N) is 3. The fraction of sp³-hybridized carbons (Fsp3) is 0.500. The number of urea groups is 1. The molecule has 1 aromatic carbocycles. The molecule has 3 heterocycles. The normalized spacial score (nSPS) is 32.0. The van der Waals surface area contributed by atoms with Crippen LogP contribution in [0, 0.1) is 0 Å². The van der Waals surface area contributed by atoms with Crippen LogP contribution < -0.4 is 5.73 Å². The lowest BCUT2D eigenvalue weighted by Gasteiger charge is -2.39. The quantitative estimate of drug-likeness (QED) is 0.897. The number of fused-ring (bicyclic) bond motifs is 2. The molecule has 2 atom stereocenters. The van der Waals surface area contributed by atoms with Crippen molar-refractivity contribution in [2.45, 2.75) is 37.4 Å². The molecule has 0 aromatic heterocycles. The second-order valence-electron chi connectivity index (χ2n) is 6.22. The molecule has 3 aliphatic rings. The van der Waals surface area contributed by atoms with Gasteiger partial charge in [-0.15, -0.1) is 0 Å². The molecule has 2 unspecified atom stereocenters. The lowest BCUT2D eigenvalue weighted by molar-refractivity contribution is 0.141. The maximum Gasteiger partial charge on any atom is 0.346 e. The molecule has 0 radical (unpaired) electrons. The molecule has 2 fully saturated rings. The Bertz CT molecular complexity index is 600. The fourth-order valence-electron chi connectivity index (χ4n) is 4.27. The van der Waals surface area contributed by atoms with E-state index in [4.69, 9.17) is 5.73 Å². The van der Waals surface area contributed by atoms with E-state index in [1.54, 1.807) is 0 Å². The Balaban J connectivity index is 1.70. The van der Waals surface area contributed by atoms with Crippen molar-refractivity contribution in [2.24, 2.45) is 10.7 Å². The molecule has 3 aliphatic heterocycles. The number of amides is 2. The van der Waals surface area contributed by atoms with Gasteiger partial charge in [-0.1, -0.05) is 30.3 Å². The zero-order valence-corrected chi connectivity index (χ0v) is 12.0. The van der Waals surface area contributed by atoms with Crippen LogP contribution in [0.1, 0.15) is 24.8 Å². The first kappa shape index (κ1) is 12.8.